The van der Waals surface area contributed by atoms with Gasteiger partial charge in [-0.25, -0.2) is 0 Å². The Hall–Kier alpha value is -1.44. The van der Waals surface area contributed by atoms with E-state index < -0.39 is 0 Å². The third kappa shape index (κ3) is 2.28. The van der Waals surface area contributed by atoms with Crippen LogP contribution in [0, 0.1) is 6.92 Å². The van der Waals surface area contributed by atoms with E-state index in [9.17, 15) is 9.59 Å². The molecule has 0 amide bonds. The average molecular weight is 190 g/mol. The van der Waals surface area contributed by atoms with Crippen LogP contribution in [0.3, 0.4) is 0 Å². The molecule has 2 nitrogen and oxygen atoms in total. The maximum Gasteiger partial charge on any atom is 0.150 e. The van der Waals surface area contributed by atoms with Gasteiger partial charge in [-0.05, 0) is 18.4 Å². The van der Waals surface area contributed by atoms with Crippen LogP contribution in [0.2, 0.25) is 0 Å². The normalized spacial score (nSPS) is 12.1. The Bertz CT molecular complexity index is 342. The van der Waals surface area contributed by atoms with Crippen LogP contribution >= 0.6 is 0 Å². The number of aldehydes is 2. The zero-order valence-electron chi connectivity index (χ0n) is 8.49. The predicted molar refractivity (Wildman–Crippen MR) is 55.7 cm³/mol. The molecule has 0 bridgehead atoms. The molecule has 0 aliphatic rings. The van der Waals surface area contributed by atoms with E-state index >= 15 is 0 Å². The second kappa shape index (κ2) is 4.70. The fraction of sp³-hybridized carbons (Fsp3) is 0.333. The van der Waals surface area contributed by atoms with E-state index in [4.69, 9.17) is 0 Å². The van der Waals surface area contributed by atoms with E-state index in [-0.39, 0.29) is 5.92 Å². The zero-order chi connectivity index (χ0) is 10.6. The Morgan fingerprint density at radius 2 is 2.07 bits per heavy atom. The standard InChI is InChI=1S/C12H14O2/c1-9-3-4-11(8-14)12(7-9)10(2)5-6-13/h3-4,6-8,10H,5H2,1-2H3. The van der Waals surface area contributed by atoms with E-state index in [2.05, 4.69) is 0 Å². The summed E-state index contributed by atoms with van der Waals surface area (Å²) in [6.07, 6.45) is 2.20. The van der Waals surface area contributed by atoms with E-state index in [1.807, 2.05) is 26.0 Å². The largest absolute Gasteiger partial charge is 0.303 e. The molecule has 0 radical (unpaired) electrons. The summed E-state index contributed by atoms with van der Waals surface area (Å²) in [7, 11) is 0. The molecule has 0 saturated heterocycles. The summed E-state index contributed by atoms with van der Waals surface area (Å²) in [5.74, 6) is 0.118. The van der Waals surface area contributed by atoms with Crippen molar-refractivity contribution in [2.75, 3.05) is 0 Å². The molecule has 0 saturated carbocycles. The van der Waals surface area contributed by atoms with Gasteiger partial charge in [0.1, 0.15) is 12.6 Å². The Balaban J connectivity index is 3.09. The van der Waals surface area contributed by atoms with E-state index in [0.29, 0.717) is 12.0 Å². The zero-order valence-corrected chi connectivity index (χ0v) is 8.49. The Kier molecular flexibility index (Phi) is 3.57. The van der Waals surface area contributed by atoms with E-state index in [1.165, 1.54) is 0 Å². The quantitative estimate of drug-likeness (QED) is 0.683. The molecule has 1 aromatic rings. The molecule has 14 heavy (non-hydrogen) atoms. The maximum atomic E-state index is 10.8. The first-order chi connectivity index (χ1) is 6.69. The van der Waals surface area contributed by atoms with Crippen LogP contribution in [-0.2, 0) is 4.79 Å². The third-order valence-electron chi connectivity index (χ3n) is 2.35. The van der Waals surface area contributed by atoms with Crippen molar-refractivity contribution in [3.63, 3.8) is 0 Å². The molecule has 2 heteroatoms. The molecular formula is C12H14O2. The van der Waals surface area contributed by atoms with Crippen LogP contribution in [-0.4, -0.2) is 12.6 Å². The number of aryl methyl sites for hydroxylation is 1. The third-order valence-corrected chi connectivity index (χ3v) is 2.35. The summed E-state index contributed by atoms with van der Waals surface area (Å²) >= 11 is 0. The van der Waals surface area contributed by atoms with Gasteiger partial charge in [-0.15, -0.1) is 0 Å². The van der Waals surface area contributed by atoms with Crippen LogP contribution in [0.5, 0.6) is 0 Å². The van der Waals surface area contributed by atoms with Crippen molar-refractivity contribution in [1.82, 2.24) is 0 Å². The highest BCUT2D eigenvalue weighted by Crippen LogP contribution is 2.22. The molecule has 1 aromatic carbocycles. The predicted octanol–water partition coefficient (Wildman–Crippen LogP) is 2.50. The van der Waals surface area contributed by atoms with Crippen LogP contribution < -0.4 is 0 Å². The van der Waals surface area contributed by atoms with Crippen molar-refractivity contribution in [2.24, 2.45) is 0 Å². The van der Waals surface area contributed by atoms with Crippen molar-refractivity contribution in [3.05, 3.63) is 34.9 Å². The van der Waals surface area contributed by atoms with Crippen LogP contribution in [0.1, 0.15) is 40.7 Å². The van der Waals surface area contributed by atoms with Gasteiger partial charge in [0, 0.05) is 12.0 Å². The van der Waals surface area contributed by atoms with Gasteiger partial charge < -0.3 is 4.79 Å². The van der Waals surface area contributed by atoms with Crippen LogP contribution in [0.15, 0.2) is 18.2 Å². The molecule has 0 aliphatic heterocycles. The summed E-state index contributed by atoms with van der Waals surface area (Å²) in [6.45, 7) is 3.93. The number of hydrogen-bond donors (Lipinski definition) is 0. The second-order valence-corrected chi connectivity index (χ2v) is 3.55. The van der Waals surface area contributed by atoms with E-state index in [0.717, 1.165) is 23.7 Å². The number of rotatable bonds is 4. The smallest absolute Gasteiger partial charge is 0.150 e. The Labute approximate surface area is 83.9 Å². The summed E-state index contributed by atoms with van der Waals surface area (Å²) < 4.78 is 0. The van der Waals surface area contributed by atoms with Crippen LogP contribution in [0.25, 0.3) is 0 Å². The molecule has 0 aromatic heterocycles. The van der Waals surface area contributed by atoms with Crippen molar-refractivity contribution >= 4 is 12.6 Å². The van der Waals surface area contributed by atoms with Gasteiger partial charge >= 0.3 is 0 Å². The molecular weight excluding hydrogens is 176 g/mol. The highest BCUT2D eigenvalue weighted by molar-refractivity contribution is 5.78. The van der Waals surface area contributed by atoms with Crippen LogP contribution in [0.4, 0.5) is 0 Å². The van der Waals surface area contributed by atoms with Gasteiger partial charge in [-0.2, -0.15) is 0 Å². The van der Waals surface area contributed by atoms with Crippen molar-refractivity contribution in [3.8, 4) is 0 Å². The molecule has 0 N–H and O–H groups in total. The van der Waals surface area contributed by atoms with Crippen molar-refractivity contribution in [1.29, 1.82) is 0 Å². The van der Waals surface area contributed by atoms with Gasteiger partial charge in [0.2, 0.25) is 0 Å². The molecule has 1 unspecified atom stereocenters. The Morgan fingerprint density at radius 1 is 1.36 bits per heavy atom. The fourth-order valence-electron chi connectivity index (χ4n) is 1.50. The number of benzene rings is 1. The van der Waals surface area contributed by atoms with E-state index in [1.54, 1.807) is 6.07 Å². The molecule has 1 atom stereocenters. The topological polar surface area (TPSA) is 34.1 Å². The highest BCUT2D eigenvalue weighted by atomic mass is 16.1. The molecule has 0 aliphatic carbocycles. The minimum atomic E-state index is 0.118. The average Bonchev–Trinajstić information content (AvgIpc) is 2.18. The monoisotopic (exact) mass is 190 g/mol. The minimum absolute atomic E-state index is 0.118. The van der Waals surface area contributed by atoms with Gasteiger partial charge in [-0.3, -0.25) is 4.79 Å². The molecule has 74 valence electrons. The van der Waals surface area contributed by atoms with Gasteiger partial charge in [0.25, 0.3) is 0 Å². The fourth-order valence-corrected chi connectivity index (χ4v) is 1.50. The maximum absolute atomic E-state index is 10.8. The number of carbonyl (C=O) groups is 2. The first-order valence-electron chi connectivity index (χ1n) is 4.68. The van der Waals surface area contributed by atoms with Gasteiger partial charge in [0.05, 0.1) is 0 Å². The van der Waals surface area contributed by atoms with Gasteiger partial charge in [0.15, 0.2) is 0 Å². The summed E-state index contributed by atoms with van der Waals surface area (Å²) in [6, 6.07) is 5.68. The van der Waals surface area contributed by atoms with Gasteiger partial charge in [-0.1, -0.05) is 30.7 Å². The SMILES string of the molecule is Cc1ccc(C=O)c(C(C)CC=O)c1. The molecule has 0 spiro atoms. The lowest BCUT2D eigenvalue weighted by atomic mass is 9.92. The highest BCUT2D eigenvalue weighted by Gasteiger charge is 2.09. The first kappa shape index (κ1) is 10.6. The van der Waals surface area contributed by atoms with Crippen molar-refractivity contribution in [2.45, 2.75) is 26.2 Å². The summed E-state index contributed by atoms with van der Waals surface area (Å²) in [5, 5.41) is 0. The first-order valence-corrected chi connectivity index (χ1v) is 4.68. The molecule has 0 heterocycles. The lowest BCUT2D eigenvalue weighted by Gasteiger charge is -2.11. The molecule has 1 rings (SSSR count). The molecule has 0 fully saturated rings. The Morgan fingerprint density at radius 3 is 2.64 bits per heavy atom. The minimum Gasteiger partial charge on any atom is -0.303 e. The number of hydrogen-bond acceptors (Lipinski definition) is 2. The summed E-state index contributed by atoms with van der Waals surface area (Å²) in [5.41, 5.74) is 2.76. The number of carbonyl (C=O) groups excluding carboxylic acids is 2. The lowest BCUT2D eigenvalue weighted by Crippen LogP contribution is -2.00. The summed E-state index contributed by atoms with van der Waals surface area (Å²) in [4.78, 5) is 21.1. The second-order valence-electron chi connectivity index (χ2n) is 3.55. The lowest BCUT2D eigenvalue weighted by molar-refractivity contribution is -0.108. The van der Waals surface area contributed by atoms with Crippen molar-refractivity contribution < 1.29 is 9.59 Å².